The van der Waals surface area contributed by atoms with Gasteiger partial charge in [-0.05, 0) is 33.6 Å². The summed E-state index contributed by atoms with van der Waals surface area (Å²) in [5.41, 5.74) is -0.512. The molecular weight excluding hydrogens is 194 g/mol. The molecule has 0 saturated heterocycles. The van der Waals surface area contributed by atoms with E-state index in [1.54, 1.807) is 20.8 Å². The van der Waals surface area contributed by atoms with Crippen LogP contribution in [0.3, 0.4) is 0 Å². The van der Waals surface area contributed by atoms with Crippen LogP contribution in [0.1, 0.15) is 46.5 Å². The normalized spacial score (nSPS) is 22.3. The van der Waals surface area contributed by atoms with E-state index < -0.39 is 11.7 Å². The highest BCUT2D eigenvalue weighted by atomic mass is 16.6. The van der Waals surface area contributed by atoms with E-state index in [2.05, 4.69) is 5.32 Å². The number of hydrogen-bond acceptors (Lipinski definition) is 3. The molecule has 0 spiro atoms. The van der Waals surface area contributed by atoms with Gasteiger partial charge in [-0.15, -0.1) is 0 Å². The molecular formula is C11H19NO3. The van der Waals surface area contributed by atoms with Crippen molar-refractivity contribution in [3.05, 3.63) is 0 Å². The molecule has 1 aliphatic carbocycles. The van der Waals surface area contributed by atoms with Gasteiger partial charge in [-0.2, -0.15) is 0 Å². The highest BCUT2D eigenvalue weighted by Crippen LogP contribution is 2.15. The van der Waals surface area contributed by atoms with Gasteiger partial charge in [0, 0.05) is 6.42 Å². The Balaban J connectivity index is 2.40. The number of alkyl carbamates (subject to hydrolysis) is 1. The SMILES string of the molecule is CC(C)(C)OC(=O)N[C@@H]1CCCCC1=O. The van der Waals surface area contributed by atoms with Crippen molar-refractivity contribution in [2.75, 3.05) is 0 Å². The molecule has 0 aliphatic heterocycles. The summed E-state index contributed by atoms with van der Waals surface area (Å²) in [6, 6.07) is -0.339. The summed E-state index contributed by atoms with van der Waals surface area (Å²) >= 11 is 0. The molecule has 0 aromatic rings. The average molecular weight is 213 g/mol. The first-order chi connectivity index (χ1) is 6.88. The molecule has 1 amide bonds. The third kappa shape index (κ3) is 4.32. The summed E-state index contributed by atoms with van der Waals surface area (Å²) in [7, 11) is 0. The maximum atomic E-state index is 11.4. The van der Waals surface area contributed by atoms with Crippen LogP contribution in [0.25, 0.3) is 0 Å². The molecule has 1 fully saturated rings. The van der Waals surface area contributed by atoms with Crippen molar-refractivity contribution < 1.29 is 14.3 Å². The van der Waals surface area contributed by atoms with Gasteiger partial charge in [0.1, 0.15) is 5.60 Å². The van der Waals surface area contributed by atoms with E-state index in [1.807, 2.05) is 0 Å². The minimum Gasteiger partial charge on any atom is -0.444 e. The molecule has 86 valence electrons. The Morgan fingerprint density at radius 2 is 2.07 bits per heavy atom. The Morgan fingerprint density at radius 3 is 2.60 bits per heavy atom. The molecule has 0 aromatic carbocycles. The predicted molar refractivity (Wildman–Crippen MR) is 56.6 cm³/mol. The number of ether oxygens (including phenoxy) is 1. The van der Waals surface area contributed by atoms with Crippen LogP contribution in [0.4, 0.5) is 4.79 Å². The van der Waals surface area contributed by atoms with E-state index in [4.69, 9.17) is 4.74 Å². The fraction of sp³-hybridized carbons (Fsp3) is 0.818. The minimum absolute atomic E-state index is 0.118. The largest absolute Gasteiger partial charge is 0.444 e. The Bertz CT molecular complexity index is 255. The van der Waals surface area contributed by atoms with Crippen LogP contribution in [-0.4, -0.2) is 23.5 Å². The van der Waals surface area contributed by atoms with Crippen LogP contribution in [0, 0.1) is 0 Å². The Labute approximate surface area is 90.4 Å². The number of rotatable bonds is 1. The van der Waals surface area contributed by atoms with E-state index in [0.29, 0.717) is 6.42 Å². The number of hydrogen-bond donors (Lipinski definition) is 1. The Morgan fingerprint density at radius 1 is 1.40 bits per heavy atom. The predicted octanol–water partition coefficient (Wildman–Crippen LogP) is 2.02. The molecule has 0 radical (unpaired) electrons. The Kier molecular flexibility index (Phi) is 3.72. The number of Topliss-reactive ketones (excluding diaryl/α,β-unsaturated/α-hetero) is 1. The second-order valence-corrected chi connectivity index (χ2v) is 4.91. The third-order valence-electron chi connectivity index (χ3n) is 2.25. The maximum Gasteiger partial charge on any atom is 0.408 e. The van der Waals surface area contributed by atoms with Crippen LogP contribution in [0.2, 0.25) is 0 Å². The van der Waals surface area contributed by atoms with Crippen molar-refractivity contribution in [3.63, 3.8) is 0 Å². The summed E-state index contributed by atoms with van der Waals surface area (Å²) < 4.78 is 5.09. The van der Waals surface area contributed by atoms with Gasteiger partial charge >= 0.3 is 6.09 Å². The fourth-order valence-electron chi connectivity index (χ4n) is 1.59. The first kappa shape index (κ1) is 12.0. The smallest absolute Gasteiger partial charge is 0.408 e. The standard InChI is InChI=1S/C11H19NO3/c1-11(2,3)15-10(14)12-8-6-4-5-7-9(8)13/h8H,4-7H2,1-3H3,(H,12,14)/t8-/m1/s1. The Hall–Kier alpha value is -1.06. The molecule has 15 heavy (non-hydrogen) atoms. The lowest BCUT2D eigenvalue weighted by Crippen LogP contribution is -2.44. The molecule has 1 N–H and O–H groups in total. The third-order valence-corrected chi connectivity index (χ3v) is 2.25. The molecule has 0 bridgehead atoms. The van der Waals surface area contributed by atoms with E-state index in [1.165, 1.54) is 0 Å². The summed E-state index contributed by atoms with van der Waals surface area (Å²) in [6.07, 6.45) is 2.73. The van der Waals surface area contributed by atoms with Crippen molar-refractivity contribution >= 4 is 11.9 Å². The summed E-state index contributed by atoms with van der Waals surface area (Å²) in [5, 5.41) is 2.61. The lowest BCUT2D eigenvalue weighted by molar-refractivity contribution is -0.122. The number of ketones is 1. The van der Waals surface area contributed by atoms with Gasteiger partial charge in [-0.25, -0.2) is 4.79 Å². The van der Waals surface area contributed by atoms with Crippen LogP contribution in [-0.2, 0) is 9.53 Å². The lowest BCUT2D eigenvalue weighted by Gasteiger charge is -2.24. The quantitative estimate of drug-likeness (QED) is 0.725. The van der Waals surface area contributed by atoms with Crippen molar-refractivity contribution in [2.45, 2.75) is 58.1 Å². The molecule has 0 heterocycles. The molecule has 1 atom stereocenters. The molecule has 1 aliphatic rings. The zero-order valence-corrected chi connectivity index (χ0v) is 9.63. The molecule has 4 nitrogen and oxygen atoms in total. The average Bonchev–Trinajstić information content (AvgIpc) is 2.05. The molecule has 4 heteroatoms. The monoisotopic (exact) mass is 213 g/mol. The number of carbonyl (C=O) groups is 2. The number of nitrogens with one attached hydrogen (secondary N) is 1. The highest BCUT2D eigenvalue weighted by Gasteiger charge is 2.25. The zero-order chi connectivity index (χ0) is 11.5. The van der Waals surface area contributed by atoms with Crippen LogP contribution < -0.4 is 5.32 Å². The van der Waals surface area contributed by atoms with Gasteiger partial charge in [-0.3, -0.25) is 4.79 Å². The first-order valence-electron chi connectivity index (χ1n) is 5.41. The van der Waals surface area contributed by atoms with Gasteiger partial charge in [0.2, 0.25) is 0 Å². The second-order valence-electron chi connectivity index (χ2n) is 4.91. The number of amides is 1. The van der Waals surface area contributed by atoms with Crippen molar-refractivity contribution in [3.8, 4) is 0 Å². The second kappa shape index (κ2) is 4.64. The number of carbonyl (C=O) groups excluding carboxylic acids is 2. The van der Waals surface area contributed by atoms with Gasteiger partial charge in [0.15, 0.2) is 5.78 Å². The van der Waals surface area contributed by atoms with E-state index in [-0.39, 0.29) is 11.8 Å². The molecule has 0 unspecified atom stereocenters. The fourth-order valence-corrected chi connectivity index (χ4v) is 1.59. The topological polar surface area (TPSA) is 55.4 Å². The van der Waals surface area contributed by atoms with E-state index >= 15 is 0 Å². The van der Waals surface area contributed by atoms with Crippen LogP contribution in [0.5, 0.6) is 0 Å². The van der Waals surface area contributed by atoms with Gasteiger partial charge in [-0.1, -0.05) is 6.42 Å². The zero-order valence-electron chi connectivity index (χ0n) is 9.63. The summed E-state index contributed by atoms with van der Waals surface area (Å²) in [6.45, 7) is 5.40. The van der Waals surface area contributed by atoms with Gasteiger partial charge in [0.25, 0.3) is 0 Å². The van der Waals surface area contributed by atoms with Gasteiger partial charge < -0.3 is 10.1 Å². The van der Waals surface area contributed by atoms with Crippen molar-refractivity contribution in [1.29, 1.82) is 0 Å². The minimum atomic E-state index is -0.512. The van der Waals surface area contributed by atoms with Crippen LogP contribution >= 0.6 is 0 Å². The van der Waals surface area contributed by atoms with Crippen molar-refractivity contribution in [2.24, 2.45) is 0 Å². The summed E-state index contributed by atoms with van der Waals surface area (Å²) in [4.78, 5) is 22.8. The maximum absolute atomic E-state index is 11.4. The summed E-state index contributed by atoms with van der Waals surface area (Å²) in [5.74, 6) is 0.118. The highest BCUT2D eigenvalue weighted by molar-refractivity contribution is 5.87. The van der Waals surface area contributed by atoms with Gasteiger partial charge in [0.05, 0.1) is 6.04 Å². The van der Waals surface area contributed by atoms with Crippen LogP contribution in [0.15, 0.2) is 0 Å². The first-order valence-corrected chi connectivity index (χ1v) is 5.41. The van der Waals surface area contributed by atoms with E-state index in [0.717, 1.165) is 19.3 Å². The molecule has 0 aromatic heterocycles. The molecule has 1 saturated carbocycles. The van der Waals surface area contributed by atoms with E-state index in [9.17, 15) is 9.59 Å². The lowest BCUT2D eigenvalue weighted by atomic mass is 9.94. The van der Waals surface area contributed by atoms with Crippen molar-refractivity contribution in [1.82, 2.24) is 5.32 Å². The molecule has 1 rings (SSSR count).